The molecule has 0 bridgehead atoms. The summed E-state index contributed by atoms with van der Waals surface area (Å²) in [4.78, 5) is 5.52. The first-order valence-electron chi connectivity index (χ1n) is 5.98. The molecule has 0 spiro atoms. The molecule has 3 nitrogen and oxygen atoms in total. The SMILES string of the molecule is COc1ccc(C[NH2+]OCc2ccccc2)cc1.[Cl-]. The van der Waals surface area contributed by atoms with Crippen LogP contribution in [0, 0.1) is 0 Å². The van der Waals surface area contributed by atoms with Crippen LogP contribution in [0.2, 0.25) is 0 Å². The third kappa shape index (κ3) is 5.30. The summed E-state index contributed by atoms with van der Waals surface area (Å²) >= 11 is 0. The van der Waals surface area contributed by atoms with Crippen molar-refractivity contribution in [2.24, 2.45) is 0 Å². The molecule has 2 aromatic rings. The van der Waals surface area contributed by atoms with Gasteiger partial charge >= 0.3 is 0 Å². The Morgan fingerprint density at radius 3 is 2.21 bits per heavy atom. The average molecular weight is 280 g/mol. The molecule has 0 aliphatic heterocycles. The second-order valence-electron chi connectivity index (χ2n) is 4.02. The van der Waals surface area contributed by atoms with E-state index in [-0.39, 0.29) is 12.4 Å². The molecule has 0 atom stereocenters. The minimum Gasteiger partial charge on any atom is -1.00 e. The topological polar surface area (TPSA) is 35.1 Å². The number of quaternary nitrogens is 1. The van der Waals surface area contributed by atoms with Gasteiger partial charge in [0.15, 0.2) is 0 Å². The van der Waals surface area contributed by atoms with E-state index in [1.165, 1.54) is 11.1 Å². The van der Waals surface area contributed by atoms with Crippen molar-refractivity contribution >= 4 is 0 Å². The maximum absolute atomic E-state index is 5.52. The highest BCUT2D eigenvalue weighted by Gasteiger charge is 1.98. The van der Waals surface area contributed by atoms with Gasteiger partial charge in [0.05, 0.1) is 7.11 Å². The predicted octanol–water partition coefficient (Wildman–Crippen LogP) is -1.11. The number of methoxy groups -OCH3 is 1. The Labute approximate surface area is 119 Å². The zero-order chi connectivity index (χ0) is 12.6. The third-order valence-electron chi connectivity index (χ3n) is 2.69. The average Bonchev–Trinajstić information content (AvgIpc) is 2.45. The molecule has 2 N–H and O–H groups in total. The molecule has 102 valence electrons. The van der Waals surface area contributed by atoms with E-state index >= 15 is 0 Å². The fourth-order valence-electron chi connectivity index (χ4n) is 1.65. The van der Waals surface area contributed by atoms with Gasteiger partial charge in [0.2, 0.25) is 0 Å². The predicted molar refractivity (Wildman–Crippen MR) is 69.9 cm³/mol. The van der Waals surface area contributed by atoms with E-state index < -0.39 is 0 Å². The lowest BCUT2D eigenvalue weighted by Crippen LogP contribution is -3.00. The van der Waals surface area contributed by atoms with E-state index in [1.54, 1.807) is 7.11 Å². The van der Waals surface area contributed by atoms with E-state index in [0.717, 1.165) is 12.3 Å². The van der Waals surface area contributed by atoms with Crippen LogP contribution in [-0.4, -0.2) is 7.11 Å². The zero-order valence-corrected chi connectivity index (χ0v) is 11.6. The Balaban J connectivity index is 0.00000180. The Hall–Kier alpha value is -1.55. The summed E-state index contributed by atoms with van der Waals surface area (Å²) in [6.45, 7) is 1.42. The number of hydroxylamine groups is 1. The molecule has 0 saturated heterocycles. The Morgan fingerprint density at radius 1 is 0.895 bits per heavy atom. The number of benzene rings is 2. The summed E-state index contributed by atoms with van der Waals surface area (Å²) in [6.07, 6.45) is 0. The molecule has 0 heterocycles. The summed E-state index contributed by atoms with van der Waals surface area (Å²) < 4.78 is 5.11. The summed E-state index contributed by atoms with van der Waals surface area (Å²) in [5.74, 6) is 0.879. The van der Waals surface area contributed by atoms with Gasteiger partial charge in [0, 0.05) is 5.56 Å². The smallest absolute Gasteiger partial charge is 0.131 e. The van der Waals surface area contributed by atoms with E-state index in [4.69, 9.17) is 9.57 Å². The summed E-state index contributed by atoms with van der Waals surface area (Å²) in [6, 6.07) is 18.2. The molecule has 4 heteroatoms. The summed E-state index contributed by atoms with van der Waals surface area (Å²) in [7, 11) is 1.67. The van der Waals surface area contributed by atoms with Crippen molar-refractivity contribution in [2.75, 3.05) is 7.11 Å². The number of halogens is 1. The van der Waals surface area contributed by atoms with Crippen LogP contribution in [-0.2, 0) is 18.0 Å². The monoisotopic (exact) mass is 279 g/mol. The second-order valence-corrected chi connectivity index (χ2v) is 4.02. The Morgan fingerprint density at radius 2 is 1.58 bits per heavy atom. The Bertz CT molecular complexity index is 459. The normalized spacial score (nSPS) is 9.74. The van der Waals surface area contributed by atoms with E-state index in [9.17, 15) is 0 Å². The molecule has 2 aromatic carbocycles. The van der Waals surface area contributed by atoms with Gasteiger partial charge < -0.3 is 17.1 Å². The number of ether oxygens (including phenoxy) is 1. The molecule has 0 unspecified atom stereocenters. The zero-order valence-electron chi connectivity index (χ0n) is 10.9. The molecule has 0 fully saturated rings. The molecule has 19 heavy (non-hydrogen) atoms. The fraction of sp³-hybridized carbons (Fsp3) is 0.200. The molecule has 0 aromatic heterocycles. The van der Waals surface area contributed by atoms with Crippen LogP contribution in [0.1, 0.15) is 11.1 Å². The minimum atomic E-state index is 0. The van der Waals surface area contributed by atoms with Crippen molar-refractivity contribution in [3.63, 3.8) is 0 Å². The molecule has 0 amide bonds. The van der Waals surface area contributed by atoms with Gasteiger partial charge in [-0.05, 0) is 29.8 Å². The first-order chi connectivity index (χ1) is 8.88. The quantitative estimate of drug-likeness (QED) is 0.538. The fourth-order valence-corrected chi connectivity index (χ4v) is 1.65. The van der Waals surface area contributed by atoms with Crippen LogP contribution in [0.4, 0.5) is 0 Å². The lowest BCUT2D eigenvalue weighted by molar-refractivity contribution is -0.912. The molecule has 2 rings (SSSR count). The van der Waals surface area contributed by atoms with Crippen molar-refractivity contribution < 1.29 is 27.5 Å². The van der Waals surface area contributed by atoms with Crippen molar-refractivity contribution in [1.29, 1.82) is 0 Å². The van der Waals surface area contributed by atoms with Gasteiger partial charge in [-0.15, -0.1) is 0 Å². The van der Waals surface area contributed by atoms with Crippen molar-refractivity contribution in [3.05, 3.63) is 65.7 Å². The summed E-state index contributed by atoms with van der Waals surface area (Å²) in [5.41, 5.74) is 4.24. The maximum atomic E-state index is 5.52. The highest BCUT2D eigenvalue weighted by Crippen LogP contribution is 2.10. The van der Waals surface area contributed by atoms with Gasteiger partial charge in [-0.1, -0.05) is 30.3 Å². The first-order valence-corrected chi connectivity index (χ1v) is 5.98. The van der Waals surface area contributed by atoms with Crippen LogP contribution in [0.15, 0.2) is 54.6 Å². The van der Waals surface area contributed by atoms with Crippen LogP contribution < -0.4 is 22.6 Å². The number of rotatable bonds is 6. The molecule has 0 radical (unpaired) electrons. The van der Waals surface area contributed by atoms with Crippen molar-refractivity contribution in [1.82, 2.24) is 0 Å². The summed E-state index contributed by atoms with van der Waals surface area (Å²) in [5, 5.41) is 0. The van der Waals surface area contributed by atoms with Gasteiger partial charge in [0.1, 0.15) is 18.9 Å². The maximum Gasteiger partial charge on any atom is 0.131 e. The number of hydrogen-bond donors (Lipinski definition) is 1. The van der Waals surface area contributed by atoms with Crippen LogP contribution in [0.3, 0.4) is 0 Å². The van der Waals surface area contributed by atoms with E-state index in [2.05, 4.69) is 12.1 Å². The minimum absolute atomic E-state index is 0. The molecular weight excluding hydrogens is 262 g/mol. The number of nitrogens with two attached hydrogens (primary N) is 1. The lowest BCUT2D eigenvalue weighted by Gasteiger charge is -2.03. The second kappa shape index (κ2) is 8.53. The molecule has 0 saturated carbocycles. The van der Waals surface area contributed by atoms with Gasteiger partial charge in [0.25, 0.3) is 0 Å². The van der Waals surface area contributed by atoms with Gasteiger partial charge in [-0.2, -0.15) is 5.48 Å². The van der Waals surface area contributed by atoms with Crippen molar-refractivity contribution in [2.45, 2.75) is 13.2 Å². The van der Waals surface area contributed by atoms with Crippen molar-refractivity contribution in [3.8, 4) is 5.75 Å². The molecular formula is C15H18ClNO2. The largest absolute Gasteiger partial charge is 1.00 e. The standard InChI is InChI=1S/C15H17NO2.ClH/c1-17-15-9-7-13(8-10-15)11-16-18-12-14-5-3-2-4-6-14;/h2-10,16H,11-12H2,1H3;1H. The van der Waals surface area contributed by atoms with Crippen LogP contribution in [0.5, 0.6) is 5.75 Å². The highest BCUT2D eigenvalue weighted by atomic mass is 35.5. The highest BCUT2D eigenvalue weighted by molar-refractivity contribution is 5.26. The third-order valence-corrected chi connectivity index (χ3v) is 2.69. The van der Waals surface area contributed by atoms with E-state index in [0.29, 0.717) is 6.61 Å². The molecule has 0 aliphatic carbocycles. The van der Waals surface area contributed by atoms with Crippen LogP contribution >= 0.6 is 0 Å². The lowest BCUT2D eigenvalue weighted by atomic mass is 10.2. The van der Waals surface area contributed by atoms with E-state index in [1.807, 2.05) is 47.9 Å². The van der Waals surface area contributed by atoms with Crippen LogP contribution in [0.25, 0.3) is 0 Å². The number of hydrogen-bond acceptors (Lipinski definition) is 2. The van der Waals surface area contributed by atoms with Gasteiger partial charge in [-0.25, -0.2) is 4.84 Å². The molecule has 0 aliphatic rings. The van der Waals surface area contributed by atoms with Gasteiger partial charge in [-0.3, -0.25) is 0 Å². The Kier molecular flexibility index (Phi) is 6.97. The first kappa shape index (κ1) is 15.5.